The zero-order chi connectivity index (χ0) is 11.4. The Labute approximate surface area is 100 Å². The highest BCUT2D eigenvalue weighted by Gasteiger charge is 2.54. The molecule has 17 heavy (non-hydrogen) atoms. The van der Waals surface area contributed by atoms with Crippen molar-refractivity contribution in [2.75, 3.05) is 0 Å². The van der Waals surface area contributed by atoms with Crippen molar-refractivity contribution in [1.82, 2.24) is 0 Å². The first kappa shape index (κ1) is 9.51. The summed E-state index contributed by atoms with van der Waals surface area (Å²) in [6.07, 6.45) is 4.28. The maximum absolute atomic E-state index is 9.32. The Morgan fingerprint density at radius 3 is 2.71 bits per heavy atom. The molecular formula is C14H15NO2. The van der Waals surface area contributed by atoms with Gasteiger partial charge in [-0.3, -0.25) is 0 Å². The monoisotopic (exact) mass is 229 g/mol. The number of hydrogen-bond acceptors (Lipinski definition) is 3. The van der Waals surface area contributed by atoms with E-state index in [0.717, 1.165) is 23.1 Å². The summed E-state index contributed by atoms with van der Waals surface area (Å²) in [4.78, 5) is 5.63. The van der Waals surface area contributed by atoms with E-state index in [0.29, 0.717) is 17.8 Å². The first-order valence-corrected chi connectivity index (χ1v) is 6.36. The van der Waals surface area contributed by atoms with E-state index in [-0.39, 0.29) is 0 Å². The number of phenolic OH excluding ortho intramolecular Hbond substituents is 1. The fourth-order valence-electron chi connectivity index (χ4n) is 3.83. The second-order valence-corrected chi connectivity index (χ2v) is 5.45. The maximum Gasteiger partial charge on any atom is 0.139 e. The molecule has 1 aromatic carbocycles. The van der Waals surface area contributed by atoms with Gasteiger partial charge in [0.05, 0.1) is 5.71 Å². The van der Waals surface area contributed by atoms with E-state index in [1.807, 2.05) is 12.1 Å². The van der Waals surface area contributed by atoms with Crippen molar-refractivity contribution in [3.8, 4) is 5.75 Å². The third-order valence-electron chi connectivity index (χ3n) is 4.59. The van der Waals surface area contributed by atoms with Gasteiger partial charge in [0.15, 0.2) is 0 Å². The molecule has 88 valence electrons. The summed E-state index contributed by atoms with van der Waals surface area (Å²) in [5, 5.41) is 13.6. The molecule has 1 heterocycles. The highest BCUT2D eigenvalue weighted by molar-refractivity contribution is 6.03. The number of oxime groups is 1. The van der Waals surface area contributed by atoms with Gasteiger partial charge < -0.3 is 9.94 Å². The van der Waals surface area contributed by atoms with Crippen molar-refractivity contribution < 1.29 is 9.94 Å². The molecule has 3 nitrogen and oxygen atoms in total. The molecule has 2 saturated carbocycles. The lowest BCUT2D eigenvalue weighted by atomic mass is 9.81. The molecule has 3 heteroatoms. The number of hydrogen-bond donors (Lipinski definition) is 1. The number of phenols is 1. The van der Waals surface area contributed by atoms with E-state index in [1.165, 1.54) is 19.3 Å². The van der Waals surface area contributed by atoms with E-state index in [4.69, 9.17) is 4.84 Å². The van der Waals surface area contributed by atoms with Crippen molar-refractivity contribution in [3.63, 3.8) is 0 Å². The van der Waals surface area contributed by atoms with Crippen LogP contribution in [0.25, 0.3) is 0 Å². The number of aromatic hydroxyl groups is 1. The topological polar surface area (TPSA) is 41.8 Å². The summed E-state index contributed by atoms with van der Waals surface area (Å²) in [6.45, 7) is 0. The van der Waals surface area contributed by atoms with E-state index >= 15 is 0 Å². The summed E-state index contributed by atoms with van der Waals surface area (Å²) in [5.74, 6) is 2.29. The average Bonchev–Trinajstić information content (AvgIpc) is 3.02. The molecule has 1 N–H and O–H groups in total. The summed E-state index contributed by atoms with van der Waals surface area (Å²) in [5.41, 5.74) is 2.20. The maximum atomic E-state index is 9.32. The third kappa shape index (κ3) is 1.25. The summed E-state index contributed by atoms with van der Waals surface area (Å²) < 4.78 is 0. The van der Waals surface area contributed by atoms with Gasteiger partial charge in [0, 0.05) is 11.5 Å². The minimum absolute atomic E-state index is 0.303. The van der Waals surface area contributed by atoms with Crippen LogP contribution < -0.4 is 0 Å². The molecule has 0 saturated heterocycles. The number of rotatable bonds is 1. The Kier molecular flexibility index (Phi) is 1.82. The average molecular weight is 229 g/mol. The smallest absolute Gasteiger partial charge is 0.139 e. The van der Waals surface area contributed by atoms with Crippen LogP contribution in [0.5, 0.6) is 5.75 Å². The zero-order valence-corrected chi connectivity index (χ0v) is 9.54. The quantitative estimate of drug-likeness (QED) is 0.804. The predicted molar refractivity (Wildman–Crippen MR) is 63.8 cm³/mol. The van der Waals surface area contributed by atoms with Crippen LogP contribution in [0.2, 0.25) is 0 Å². The van der Waals surface area contributed by atoms with Gasteiger partial charge in [-0.15, -0.1) is 0 Å². The first-order chi connectivity index (χ1) is 8.33. The molecule has 0 amide bonds. The largest absolute Gasteiger partial charge is 0.508 e. The summed E-state index contributed by atoms with van der Waals surface area (Å²) >= 11 is 0. The predicted octanol–water partition coefficient (Wildman–Crippen LogP) is 2.54. The van der Waals surface area contributed by atoms with Crippen LogP contribution in [0, 0.1) is 17.8 Å². The van der Waals surface area contributed by atoms with Crippen molar-refractivity contribution in [2.24, 2.45) is 22.9 Å². The second kappa shape index (κ2) is 3.25. The highest BCUT2D eigenvalue weighted by Crippen LogP contribution is 2.53. The van der Waals surface area contributed by atoms with Crippen LogP contribution in [0.1, 0.15) is 24.8 Å². The van der Waals surface area contributed by atoms with E-state index in [9.17, 15) is 5.11 Å². The normalized spacial score (nSPS) is 37.8. The molecule has 4 atom stereocenters. The van der Waals surface area contributed by atoms with Gasteiger partial charge in [0.2, 0.25) is 0 Å². The Bertz CT molecular complexity index is 480. The molecule has 0 aromatic heterocycles. The van der Waals surface area contributed by atoms with E-state index in [1.54, 1.807) is 12.1 Å². The van der Waals surface area contributed by atoms with Crippen LogP contribution in [0.15, 0.2) is 29.4 Å². The zero-order valence-electron chi connectivity index (χ0n) is 9.54. The molecule has 1 aliphatic heterocycles. The van der Waals surface area contributed by atoms with E-state index < -0.39 is 0 Å². The van der Waals surface area contributed by atoms with Gasteiger partial charge >= 0.3 is 0 Å². The Balaban J connectivity index is 1.69. The molecule has 2 fully saturated rings. The molecule has 2 aliphatic carbocycles. The van der Waals surface area contributed by atoms with Crippen LogP contribution in [-0.4, -0.2) is 16.9 Å². The number of nitrogens with zero attached hydrogens (tertiary/aromatic N) is 1. The molecule has 2 bridgehead atoms. The van der Waals surface area contributed by atoms with Crippen molar-refractivity contribution >= 4 is 5.71 Å². The lowest BCUT2D eigenvalue weighted by molar-refractivity contribution is 0.0275. The van der Waals surface area contributed by atoms with Gasteiger partial charge in [0.25, 0.3) is 0 Å². The lowest BCUT2D eigenvalue weighted by Gasteiger charge is -2.22. The van der Waals surface area contributed by atoms with Crippen molar-refractivity contribution in [3.05, 3.63) is 29.8 Å². The number of fused-ring (bicyclic) bond motifs is 5. The van der Waals surface area contributed by atoms with Crippen LogP contribution in [-0.2, 0) is 4.84 Å². The molecule has 3 aliphatic rings. The van der Waals surface area contributed by atoms with Crippen molar-refractivity contribution in [1.29, 1.82) is 0 Å². The molecule has 1 aromatic rings. The van der Waals surface area contributed by atoms with Crippen LogP contribution >= 0.6 is 0 Å². The fraction of sp³-hybridized carbons (Fsp3) is 0.500. The van der Waals surface area contributed by atoms with Crippen LogP contribution in [0.3, 0.4) is 0 Å². The third-order valence-corrected chi connectivity index (χ3v) is 4.59. The molecule has 4 unspecified atom stereocenters. The summed E-state index contributed by atoms with van der Waals surface area (Å²) in [6, 6.07) is 7.31. The second-order valence-electron chi connectivity index (χ2n) is 5.45. The highest BCUT2D eigenvalue weighted by atomic mass is 16.6. The van der Waals surface area contributed by atoms with Gasteiger partial charge in [-0.25, -0.2) is 0 Å². The van der Waals surface area contributed by atoms with Crippen LogP contribution in [0.4, 0.5) is 0 Å². The summed E-state index contributed by atoms with van der Waals surface area (Å²) in [7, 11) is 0. The first-order valence-electron chi connectivity index (χ1n) is 6.36. The van der Waals surface area contributed by atoms with Gasteiger partial charge in [-0.2, -0.15) is 0 Å². The van der Waals surface area contributed by atoms with Crippen molar-refractivity contribution in [2.45, 2.75) is 25.4 Å². The van der Waals surface area contributed by atoms with Gasteiger partial charge in [-0.05, 0) is 55.4 Å². The number of benzene rings is 1. The van der Waals surface area contributed by atoms with Gasteiger partial charge in [0.1, 0.15) is 11.9 Å². The molecule has 4 rings (SSSR count). The molecule has 0 spiro atoms. The van der Waals surface area contributed by atoms with E-state index in [2.05, 4.69) is 5.16 Å². The standard InChI is InChI=1S/C14H15NO2/c16-11-5-3-8(4-6-11)13-12-9-1-2-10(7-9)14(12)17-15-13/h3-6,9-10,12,14,16H,1-2,7H2. The molecule has 0 radical (unpaired) electrons. The SMILES string of the molecule is Oc1ccc(C2=NOC3C4CCC(C4)C23)cc1. The fourth-order valence-corrected chi connectivity index (χ4v) is 3.83. The Morgan fingerprint density at radius 1 is 1.12 bits per heavy atom. The van der Waals surface area contributed by atoms with Gasteiger partial charge in [-0.1, -0.05) is 5.16 Å². The minimum atomic E-state index is 0.303. The Morgan fingerprint density at radius 2 is 1.88 bits per heavy atom. The lowest BCUT2D eigenvalue weighted by Crippen LogP contribution is -2.29. The Hall–Kier alpha value is -1.51. The molecular weight excluding hydrogens is 214 g/mol. The minimum Gasteiger partial charge on any atom is -0.508 e.